The fourth-order valence-electron chi connectivity index (χ4n) is 3.71. The predicted molar refractivity (Wildman–Crippen MR) is 129 cm³/mol. The molecule has 0 saturated heterocycles. The molecule has 0 fully saturated rings. The van der Waals surface area contributed by atoms with Crippen LogP contribution in [0.4, 0.5) is 10.1 Å². The molecule has 3 rings (SSSR count). The van der Waals surface area contributed by atoms with Crippen LogP contribution in [-0.4, -0.2) is 36.7 Å². The first-order valence-corrected chi connectivity index (χ1v) is 11.1. The first-order valence-electron chi connectivity index (χ1n) is 11.1. The number of halogens is 1. The fourth-order valence-corrected chi connectivity index (χ4v) is 3.71. The Morgan fingerprint density at radius 1 is 0.939 bits per heavy atom. The van der Waals surface area contributed by atoms with Gasteiger partial charge in [0.1, 0.15) is 23.0 Å². The molecule has 1 aromatic heterocycles. The molecule has 33 heavy (non-hydrogen) atoms. The third-order valence-corrected chi connectivity index (χ3v) is 5.69. The first kappa shape index (κ1) is 24.1. The van der Waals surface area contributed by atoms with E-state index in [-0.39, 0.29) is 35.9 Å². The summed E-state index contributed by atoms with van der Waals surface area (Å²) in [4.78, 5) is 32.1. The van der Waals surface area contributed by atoms with Crippen molar-refractivity contribution in [2.45, 2.75) is 33.6 Å². The van der Waals surface area contributed by atoms with E-state index in [0.29, 0.717) is 28.1 Å². The number of nitrogens with zero attached hydrogens (tertiary/aromatic N) is 2. The van der Waals surface area contributed by atoms with E-state index in [1.165, 1.54) is 13.2 Å². The van der Waals surface area contributed by atoms with Crippen molar-refractivity contribution in [1.29, 1.82) is 0 Å². The molecule has 5 nitrogen and oxygen atoms in total. The number of carbonyl (C=O) groups is 2. The minimum Gasteiger partial charge on any atom is -0.494 e. The fraction of sp³-hybridized carbons (Fsp3) is 0.296. The van der Waals surface area contributed by atoms with Gasteiger partial charge in [-0.3, -0.25) is 9.59 Å². The predicted octanol–water partition coefficient (Wildman–Crippen LogP) is 5.90. The van der Waals surface area contributed by atoms with Crippen LogP contribution in [0.5, 0.6) is 5.75 Å². The molecule has 0 saturated carbocycles. The molecule has 6 heteroatoms. The molecule has 0 aliphatic heterocycles. The second-order valence-electron chi connectivity index (χ2n) is 7.78. The van der Waals surface area contributed by atoms with E-state index < -0.39 is 0 Å². The highest BCUT2D eigenvalue weighted by Crippen LogP contribution is 2.30. The summed E-state index contributed by atoms with van der Waals surface area (Å²) in [7, 11) is 1.52. The third-order valence-electron chi connectivity index (χ3n) is 5.69. The topological polar surface area (TPSA) is 59.5 Å². The molecule has 0 atom stereocenters. The molecule has 0 radical (unpaired) electrons. The van der Waals surface area contributed by atoms with Crippen LogP contribution in [0.15, 0.2) is 54.6 Å². The number of benzene rings is 2. The lowest BCUT2D eigenvalue weighted by Crippen LogP contribution is -2.21. The maximum Gasteiger partial charge on any atom is 0.181 e. The Bertz CT molecular complexity index is 1140. The van der Waals surface area contributed by atoms with E-state index in [1.54, 1.807) is 43.3 Å². The third kappa shape index (κ3) is 5.64. The van der Waals surface area contributed by atoms with Crippen LogP contribution < -0.4 is 9.64 Å². The van der Waals surface area contributed by atoms with Gasteiger partial charge in [0.2, 0.25) is 0 Å². The van der Waals surface area contributed by atoms with E-state index in [2.05, 4.69) is 23.7 Å². The SMILES string of the molecule is CCN(CC)c1ccc(C(=O)CCC(=O)c2ccc(OC)c(-c3ccc(F)c(C)c3)n2)cc1. The van der Waals surface area contributed by atoms with Gasteiger partial charge in [-0.15, -0.1) is 0 Å². The van der Waals surface area contributed by atoms with Gasteiger partial charge in [-0.1, -0.05) is 0 Å². The number of pyridine rings is 1. The number of hydrogen-bond acceptors (Lipinski definition) is 5. The van der Waals surface area contributed by atoms with Crippen molar-refractivity contribution in [2.75, 3.05) is 25.1 Å². The minimum atomic E-state index is -0.311. The number of methoxy groups -OCH3 is 1. The zero-order valence-electron chi connectivity index (χ0n) is 19.5. The second kappa shape index (κ2) is 10.9. The molecule has 0 spiro atoms. The summed E-state index contributed by atoms with van der Waals surface area (Å²) in [5, 5.41) is 0. The van der Waals surface area contributed by atoms with Crippen molar-refractivity contribution < 1.29 is 18.7 Å². The Morgan fingerprint density at radius 3 is 2.21 bits per heavy atom. The molecule has 3 aromatic rings. The lowest BCUT2D eigenvalue weighted by Gasteiger charge is -2.21. The molecule has 0 unspecified atom stereocenters. The van der Waals surface area contributed by atoms with Crippen LogP contribution in [0.3, 0.4) is 0 Å². The highest BCUT2D eigenvalue weighted by Gasteiger charge is 2.16. The van der Waals surface area contributed by atoms with Gasteiger partial charge in [0, 0.05) is 42.7 Å². The van der Waals surface area contributed by atoms with Crippen molar-refractivity contribution in [2.24, 2.45) is 0 Å². The number of ether oxygens (including phenoxy) is 1. The van der Waals surface area contributed by atoms with Gasteiger partial charge in [-0.05, 0) is 80.9 Å². The maximum absolute atomic E-state index is 13.7. The molecule has 0 amide bonds. The molecule has 2 aromatic carbocycles. The van der Waals surface area contributed by atoms with Crippen molar-refractivity contribution in [3.63, 3.8) is 0 Å². The zero-order valence-corrected chi connectivity index (χ0v) is 19.5. The molecular weight excluding hydrogens is 419 g/mol. The van der Waals surface area contributed by atoms with E-state index >= 15 is 0 Å². The number of ketones is 2. The first-order chi connectivity index (χ1) is 15.9. The van der Waals surface area contributed by atoms with Gasteiger partial charge in [0.25, 0.3) is 0 Å². The molecule has 0 N–H and O–H groups in total. The number of anilines is 1. The Balaban J connectivity index is 1.72. The number of carbonyl (C=O) groups excluding carboxylic acids is 2. The summed E-state index contributed by atoms with van der Waals surface area (Å²) >= 11 is 0. The zero-order chi connectivity index (χ0) is 24.0. The van der Waals surface area contributed by atoms with Crippen LogP contribution in [-0.2, 0) is 0 Å². The average Bonchev–Trinajstić information content (AvgIpc) is 2.84. The number of hydrogen-bond donors (Lipinski definition) is 0. The highest BCUT2D eigenvalue weighted by atomic mass is 19.1. The summed E-state index contributed by atoms with van der Waals surface area (Å²) in [5.74, 6) is -0.140. The van der Waals surface area contributed by atoms with Crippen molar-refractivity contribution >= 4 is 17.3 Å². The van der Waals surface area contributed by atoms with Crippen LogP contribution in [0.2, 0.25) is 0 Å². The number of aromatic nitrogens is 1. The molecule has 0 bridgehead atoms. The molecular formula is C27H29FN2O3. The molecule has 0 aliphatic rings. The van der Waals surface area contributed by atoms with Crippen LogP contribution in [0.1, 0.15) is 53.1 Å². The lowest BCUT2D eigenvalue weighted by atomic mass is 10.0. The van der Waals surface area contributed by atoms with Gasteiger partial charge in [0.05, 0.1) is 7.11 Å². The number of rotatable bonds is 10. The van der Waals surface area contributed by atoms with Crippen molar-refractivity contribution in [3.05, 3.63) is 77.2 Å². The van der Waals surface area contributed by atoms with E-state index in [9.17, 15) is 14.0 Å². The lowest BCUT2D eigenvalue weighted by molar-refractivity contribution is 0.0915. The number of aryl methyl sites for hydroxylation is 1. The Hall–Kier alpha value is -3.54. The Morgan fingerprint density at radius 2 is 1.61 bits per heavy atom. The minimum absolute atomic E-state index is 0.0534. The van der Waals surface area contributed by atoms with E-state index in [1.807, 2.05) is 12.1 Å². The van der Waals surface area contributed by atoms with Crippen molar-refractivity contribution in [1.82, 2.24) is 4.98 Å². The smallest absolute Gasteiger partial charge is 0.181 e. The second-order valence-corrected chi connectivity index (χ2v) is 7.78. The van der Waals surface area contributed by atoms with Gasteiger partial charge in [0.15, 0.2) is 11.6 Å². The van der Waals surface area contributed by atoms with Gasteiger partial charge < -0.3 is 9.64 Å². The van der Waals surface area contributed by atoms with E-state index in [4.69, 9.17) is 4.74 Å². The Labute approximate surface area is 194 Å². The highest BCUT2D eigenvalue weighted by molar-refractivity contribution is 6.01. The standard InChI is InChI=1S/C27H29FN2O3/c1-5-30(6-2)21-10-7-19(8-11-21)24(31)14-15-25(32)23-13-16-26(33-4)27(29-23)20-9-12-22(28)18(3)17-20/h7-13,16-17H,5-6,14-15H2,1-4H3. The summed E-state index contributed by atoms with van der Waals surface area (Å²) < 4.78 is 19.1. The molecule has 1 heterocycles. The van der Waals surface area contributed by atoms with Crippen LogP contribution in [0, 0.1) is 12.7 Å². The maximum atomic E-state index is 13.7. The molecule has 172 valence electrons. The van der Waals surface area contributed by atoms with Crippen LogP contribution >= 0.6 is 0 Å². The number of Topliss-reactive ketones (excluding diaryl/α,β-unsaturated/α-hetero) is 2. The molecule has 0 aliphatic carbocycles. The van der Waals surface area contributed by atoms with Gasteiger partial charge in [-0.25, -0.2) is 9.37 Å². The monoisotopic (exact) mass is 448 g/mol. The van der Waals surface area contributed by atoms with E-state index in [0.717, 1.165) is 18.8 Å². The van der Waals surface area contributed by atoms with Crippen LogP contribution in [0.25, 0.3) is 11.3 Å². The normalized spacial score (nSPS) is 10.7. The Kier molecular flexibility index (Phi) is 7.93. The summed E-state index contributed by atoms with van der Waals surface area (Å²) in [5.41, 5.74) is 3.50. The van der Waals surface area contributed by atoms with Crippen molar-refractivity contribution in [3.8, 4) is 17.0 Å². The van der Waals surface area contributed by atoms with Gasteiger partial charge in [-0.2, -0.15) is 0 Å². The summed E-state index contributed by atoms with van der Waals surface area (Å²) in [6.45, 7) is 7.63. The van der Waals surface area contributed by atoms with Gasteiger partial charge >= 0.3 is 0 Å². The largest absolute Gasteiger partial charge is 0.494 e. The quantitative estimate of drug-likeness (QED) is 0.362. The summed E-state index contributed by atoms with van der Waals surface area (Å²) in [6, 6.07) is 15.4. The average molecular weight is 449 g/mol. The summed E-state index contributed by atoms with van der Waals surface area (Å²) in [6.07, 6.45) is 0.153.